The second-order valence-electron chi connectivity index (χ2n) is 5.68. The minimum Gasteiger partial charge on any atom is -0.493 e. The van der Waals surface area contributed by atoms with Crippen LogP contribution in [-0.2, 0) is 0 Å². The standard InChI is InChI=1S/C20H17N3O2/c1-3-24-18-11-7-5-9-15(18)20-22-19(23-25-20)16-12-13(2)21-17-10-6-4-8-14(16)17/h4-12H,3H2,1-2H3. The number of hydrogen-bond acceptors (Lipinski definition) is 5. The smallest absolute Gasteiger partial charge is 0.262 e. The number of pyridine rings is 1. The third kappa shape index (κ3) is 2.85. The molecule has 5 heteroatoms. The van der Waals surface area contributed by atoms with Crippen molar-refractivity contribution in [2.75, 3.05) is 6.61 Å². The maximum atomic E-state index is 5.66. The minimum absolute atomic E-state index is 0.442. The first-order valence-corrected chi connectivity index (χ1v) is 8.19. The van der Waals surface area contributed by atoms with Gasteiger partial charge in [-0.3, -0.25) is 4.98 Å². The van der Waals surface area contributed by atoms with Crippen LogP contribution in [0, 0.1) is 6.92 Å². The van der Waals surface area contributed by atoms with E-state index in [1.54, 1.807) is 0 Å². The Kier molecular flexibility index (Phi) is 3.90. The molecule has 0 amide bonds. The van der Waals surface area contributed by atoms with Crippen LogP contribution in [0.5, 0.6) is 5.75 Å². The van der Waals surface area contributed by atoms with Crippen molar-refractivity contribution in [3.63, 3.8) is 0 Å². The Hall–Kier alpha value is -3.21. The van der Waals surface area contributed by atoms with Gasteiger partial charge in [-0.2, -0.15) is 4.98 Å². The summed E-state index contributed by atoms with van der Waals surface area (Å²) in [5.74, 6) is 1.72. The number of benzene rings is 2. The highest BCUT2D eigenvalue weighted by Crippen LogP contribution is 2.32. The lowest BCUT2D eigenvalue weighted by Gasteiger charge is -2.06. The van der Waals surface area contributed by atoms with Crippen molar-refractivity contribution in [1.82, 2.24) is 15.1 Å². The lowest BCUT2D eigenvalue weighted by molar-refractivity contribution is 0.339. The molecule has 0 atom stereocenters. The molecule has 5 nitrogen and oxygen atoms in total. The maximum absolute atomic E-state index is 5.66. The molecule has 0 spiro atoms. The fourth-order valence-electron chi connectivity index (χ4n) is 2.86. The predicted octanol–water partition coefficient (Wildman–Crippen LogP) is 4.66. The van der Waals surface area contributed by atoms with Crippen LogP contribution in [-0.4, -0.2) is 21.7 Å². The van der Waals surface area contributed by atoms with Crippen LogP contribution in [0.1, 0.15) is 12.6 Å². The van der Waals surface area contributed by atoms with Gasteiger partial charge in [-0.05, 0) is 38.1 Å². The lowest BCUT2D eigenvalue weighted by atomic mass is 10.1. The van der Waals surface area contributed by atoms with E-state index in [9.17, 15) is 0 Å². The molecule has 124 valence electrons. The Morgan fingerprint density at radius 2 is 1.76 bits per heavy atom. The van der Waals surface area contributed by atoms with Gasteiger partial charge in [0.15, 0.2) is 0 Å². The van der Waals surface area contributed by atoms with Crippen molar-refractivity contribution >= 4 is 10.9 Å². The fraction of sp³-hybridized carbons (Fsp3) is 0.150. The molecular formula is C20H17N3O2. The molecular weight excluding hydrogens is 314 g/mol. The highest BCUT2D eigenvalue weighted by molar-refractivity contribution is 5.93. The van der Waals surface area contributed by atoms with Crippen LogP contribution in [0.15, 0.2) is 59.1 Å². The van der Waals surface area contributed by atoms with Crippen LogP contribution < -0.4 is 4.74 Å². The monoisotopic (exact) mass is 331 g/mol. The minimum atomic E-state index is 0.442. The zero-order valence-electron chi connectivity index (χ0n) is 14.1. The van der Waals surface area contributed by atoms with Gasteiger partial charge < -0.3 is 9.26 Å². The summed E-state index contributed by atoms with van der Waals surface area (Å²) in [5, 5.41) is 5.18. The molecule has 0 aliphatic rings. The van der Waals surface area contributed by atoms with Gasteiger partial charge in [0.25, 0.3) is 5.89 Å². The van der Waals surface area contributed by atoms with Crippen LogP contribution in [0.25, 0.3) is 33.7 Å². The number of aromatic nitrogens is 3. The van der Waals surface area contributed by atoms with E-state index >= 15 is 0 Å². The Labute approximate surface area is 145 Å². The molecule has 0 bridgehead atoms. The number of fused-ring (bicyclic) bond motifs is 1. The van der Waals surface area contributed by atoms with E-state index in [4.69, 9.17) is 9.26 Å². The Balaban J connectivity index is 1.83. The van der Waals surface area contributed by atoms with Gasteiger partial charge in [0.05, 0.1) is 17.7 Å². The molecule has 0 unspecified atom stereocenters. The molecule has 4 aromatic rings. The molecule has 0 saturated heterocycles. The summed E-state index contributed by atoms with van der Waals surface area (Å²) in [6.07, 6.45) is 0. The van der Waals surface area contributed by atoms with Gasteiger partial charge >= 0.3 is 0 Å². The normalized spacial score (nSPS) is 11.0. The highest BCUT2D eigenvalue weighted by atomic mass is 16.5. The zero-order valence-corrected chi connectivity index (χ0v) is 14.1. The summed E-state index contributed by atoms with van der Waals surface area (Å²) >= 11 is 0. The van der Waals surface area contributed by atoms with Gasteiger partial charge in [0, 0.05) is 16.6 Å². The predicted molar refractivity (Wildman–Crippen MR) is 96.4 cm³/mol. The first-order chi connectivity index (χ1) is 12.3. The van der Waals surface area contributed by atoms with Crippen molar-refractivity contribution in [2.24, 2.45) is 0 Å². The number of rotatable bonds is 4. The summed E-state index contributed by atoms with van der Waals surface area (Å²) in [5.41, 5.74) is 3.53. The molecule has 0 saturated carbocycles. The second-order valence-corrected chi connectivity index (χ2v) is 5.68. The largest absolute Gasteiger partial charge is 0.493 e. The maximum Gasteiger partial charge on any atom is 0.262 e. The molecule has 0 radical (unpaired) electrons. The molecule has 0 N–H and O–H groups in total. The zero-order chi connectivity index (χ0) is 17.2. The molecule has 2 heterocycles. The summed E-state index contributed by atoms with van der Waals surface area (Å²) in [4.78, 5) is 9.16. The van der Waals surface area contributed by atoms with Gasteiger partial charge in [-0.1, -0.05) is 35.5 Å². The van der Waals surface area contributed by atoms with Crippen molar-refractivity contribution in [3.8, 4) is 28.6 Å². The average molecular weight is 331 g/mol. The first-order valence-electron chi connectivity index (χ1n) is 8.19. The van der Waals surface area contributed by atoms with Crippen molar-refractivity contribution < 1.29 is 9.26 Å². The fourth-order valence-corrected chi connectivity index (χ4v) is 2.86. The van der Waals surface area contributed by atoms with E-state index in [2.05, 4.69) is 15.1 Å². The lowest BCUT2D eigenvalue weighted by Crippen LogP contribution is -1.94. The van der Waals surface area contributed by atoms with E-state index in [1.165, 1.54) is 0 Å². The third-order valence-electron chi connectivity index (χ3n) is 3.93. The summed E-state index contributed by atoms with van der Waals surface area (Å²) in [6, 6.07) is 17.6. The third-order valence-corrected chi connectivity index (χ3v) is 3.93. The quantitative estimate of drug-likeness (QED) is 0.544. The average Bonchev–Trinajstić information content (AvgIpc) is 3.11. The van der Waals surface area contributed by atoms with Gasteiger partial charge in [-0.15, -0.1) is 0 Å². The molecule has 2 aromatic heterocycles. The van der Waals surface area contributed by atoms with Crippen molar-refractivity contribution in [1.29, 1.82) is 0 Å². The van der Waals surface area contributed by atoms with Gasteiger partial charge in [-0.25, -0.2) is 0 Å². The molecule has 0 aliphatic carbocycles. The van der Waals surface area contributed by atoms with E-state index in [1.807, 2.05) is 68.4 Å². The van der Waals surface area contributed by atoms with Crippen LogP contribution in [0.2, 0.25) is 0 Å². The van der Waals surface area contributed by atoms with Gasteiger partial charge in [0.1, 0.15) is 5.75 Å². The summed E-state index contributed by atoms with van der Waals surface area (Å²) in [7, 11) is 0. The van der Waals surface area contributed by atoms with Crippen molar-refractivity contribution in [2.45, 2.75) is 13.8 Å². The number of para-hydroxylation sites is 2. The number of nitrogens with zero attached hydrogens (tertiary/aromatic N) is 3. The Morgan fingerprint density at radius 3 is 2.64 bits per heavy atom. The van der Waals surface area contributed by atoms with E-state index in [0.29, 0.717) is 18.3 Å². The second kappa shape index (κ2) is 6.36. The Morgan fingerprint density at radius 1 is 0.960 bits per heavy atom. The van der Waals surface area contributed by atoms with Gasteiger partial charge in [0.2, 0.25) is 5.82 Å². The summed E-state index contributed by atoms with van der Waals surface area (Å²) < 4.78 is 11.2. The molecule has 0 fully saturated rings. The topological polar surface area (TPSA) is 61.0 Å². The number of aryl methyl sites for hydroxylation is 1. The van der Waals surface area contributed by atoms with E-state index < -0.39 is 0 Å². The van der Waals surface area contributed by atoms with E-state index in [-0.39, 0.29) is 0 Å². The van der Waals surface area contributed by atoms with Crippen LogP contribution >= 0.6 is 0 Å². The van der Waals surface area contributed by atoms with Crippen LogP contribution in [0.3, 0.4) is 0 Å². The molecule has 4 rings (SSSR count). The van der Waals surface area contributed by atoms with Crippen LogP contribution in [0.4, 0.5) is 0 Å². The first kappa shape index (κ1) is 15.3. The molecule has 0 aliphatic heterocycles. The Bertz CT molecular complexity index is 1040. The molecule has 25 heavy (non-hydrogen) atoms. The number of hydrogen-bond donors (Lipinski definition) is 0. The molecule has 2 aromatic carbocycles. The summed E-state index contributed by atoms with van der Waals surface area (Å²) in [6.45, 7) is 4.48. The van der Waals surface area contributed by atoms with E-state index in [0.717, 1.165) is 33.5 Å². The highest BCUT2D eigenvalue weighted by Gasteiger charge is 2.16. The number of ether oxygens (including phenoxy) is 1. The SMILES string of the molecule is CCOc1ccccc1-c1nc(-c2cc(C)nc3ccccc23)no1. The van der Waals surface area contributed by atoms with Crippen molar-refractivity contribution in [3.05, 3.63) is 60.3 Å².